The smallest absolute Gasteiger partial charge is 0.217 e. The summed E-state index contributed by atoms with van der Waals surface area (Å²) in [6.45, 7) is -0.414. The fraction of sp³-hybridized carbons (Fsp3) is 0.368. The maximum Gasteiger partial charge on any atom is 0.217 e. The van der Waals surface area contributed by atoms with Crippen molar-refractivity contribution in [2.45, 2.75) is 28.8 Å². The summed E-state index contributed by atoms with van der Waals surface area (Å²) in [5.41, 5.74) is 0.0937. The highest BCUT2D eigenvalue weighted by atomic mass is 32.2. The Bertz CT molecular complexity index is 898. The number of halogens is 3. The molecule has 2 aromatic rings. The van der Waals surface area contributed by atoms with Gasteiger partial charge in [0.2, 0.25) is 14.8 Å². The summed E-state index contributed by atoms with van der Waals surface area (Å²) in [4.78, 5) is 1.54. The lowest BCUT2D eigenvalue weighted by molar-refractivity contribution is 0.0585. The van der Waals surface area contributed by atoms with E-state index in [2.05, 4.69) is 0 Å². The minimum atomic E-state index is -4.18. The average molecular weight is 399 g/mol. The van der Waals surface area contributed by atoms with Crippen LogP contribution in [0, 0.1) is 11.6 Å². The molecule has 0 bridgehead atoms. The number of benzene rings is 2. The molecule has 2 aromatic carbocycles. The number of rotatable bonds is 5. The van der Waals surface area contributed by atoms with E-state index in [9.17, 15) is 22.3 Å². The average Bonchev–Trinajstić information content (AvgIpc) is 2.66. The van der Waals surface area contributed by atoms with Crippen molar-refractivity contribution in [1.82, 2.24) is 4.90 Å². The predicted molar refractivity (Wildman–Crippen MR) is 94.5 cm³/mol. The first kappa shape index (κ1) is 19.9. The molecule has 0 amide bonds. The van der Waals surface area contributed by atoms with E-state index in [0.717, 1.165) is 12.1 Å². The van der Waals surface area contributed by atoms with Crippen molar-refractivity contribution in [2.24, 2.45) is 0 Å². The molecule has 0 aliphatic carbocycles. The summed E-state index contributed by atoms with van der Waals surface area (Å²) >= 11 is 0. The fourth-order valence-corrected chi connectivity index (χ4v) is 5.09. The molecule has 1 aliphatic heterocycles. The first-order chi connectivity index (χ1) is 12.8. The summed E-state index contributed by atoms with van der Waals surface area (Å²) in [7, 11) is -4.18. The minimum Gasteiger partial charge on any atom is -0.394 e. The second kappa shape index (κ2) is 7.61. The Hall–Kier alpha value is -1.90. The number of piperidine rings is 1. The molecular formula is C19H20F3NO3S. The van der Waals surface area contributed by atoms with Crippen LogP contribution in [0.5, 0.6) is 0 Å². The van der Waals surface area contributed by atoms with E-state index < -0.39 is 39.1 Å². The van der Waals surface area contributed by atoms with Crippen LogP contribution in [0.1, 0.15) is 24.4 Å². The molecule has 27 heavy (non-hydrogen) atoms. The molecule has 3 rings (SSSR count). The van der Waals surface area contributed by atoms with E-state index in [0.29, 0.717) is 0 Å². The number of sulfone groups is 1. The molecule has 1 fully saturated rings. The summed E-state index contributed by atoms with van der Waals surface area (Å²) in [5, 5.41) is 7.25. The summed E-state index contributed by atoms with van der Waals surface area (Å²) < 4.78 is 67.8. The van der Waals surface area contributed by atoms with Crippen LogP contribution in [0.2, 0.25) is 0 Å². The fourth-order valence-electron chi connectivity index (χ4n) is 3.43. The SMILES string of the molecule is O=S(=O)(c1ccccc1)C1(F)CCN([C@H](CO)c2ccc(F)cc2F)CC1. The molecule has 146 valence electrons. The Morgan fingerprint density at radius 1 is 1.07 bits per heavy atom. The molecule has 0 spiro atoms. The van der Waals surface area contributed by atoms with Crippen molar-refractivity contribution in [3.05, 3.63) is 65.7 Å². The largest absolute Gasteiger partial charge is 0.394 e. The molecule has 0 unspecified atom stereocenters. The molecule has 1 saturated heterocycles. The quantitative estimate of drug-likeness (QED) is 0.839. The van der Waals surface area contributed by atoms with Gasteiger partial charge in [0.25, 0.3) is 0 Å². The summed E-state index contributed by atoms with van der Waals surface area (Å²) in [6, 6.07) is 9.68. The number of aliphatic hydroxyl groups is 1. The highest BCUT2D eigenvalue weighted by molar-refractivity contribution is 7.92. The van der Waals surface area contributed by atoms with Gasteiger partial charge in [0.15, 0.2) is 0 Å². The van der Waals surface area contributed by atoms with Gasteiger partial charge in [-0.3, -0.25) is 4.90 Å². The lowest BCUT2D eigenvalue weighted by Crippen LogP contribution is -2.48. The third kappa shape index (κ3) is 3.74. The molecule has 0 radical (unpaired) electrons. The van der Waals surface area contributed by atoms with Crippen molar-refractivity contribution in [2.75, 3.05) is 19.7 Å². The van der Waals surface area contributed by atoms with Crippen LogP contribution in [0.15, 0.2) is 53.4 Å². The van der Waals surface area contributed by atoms with Crippen molar-refractivity contribution < 1.29 is 26.7 Å². The van der Waals surface area contributed by atoms with E-state index in [1.54, 1.807) is 11.0 Å². The van der Waals surface area contributed by atoms with Crippen LogP contribution >= 0.6 is 0 Å². The van der Waals surface area contributed by atoms with Gasteiger partial charge in [0.05, 0.1) is 17.5 Å². The molecule has 4 nitrogen and oxygen atoms in total. The van der Waals surface area contributed by atoms with Gasteiger partial charge in [0.1, 0.15) is 11.6 Å². The Morgan fingerprint density at radius 3 is 2.26 bits per heavy atom. The molecule has 0 saturated carbocycles. The van der Waals surface area contributed by atoms with Gasteiger partial charge in [-0.05, 0) is 18.2 Å². The van der Waals surface area contributed by atoms with Gasteiger partial charge in [-0.1, -0.05) is 24.3 Å². The predicted octanol–water partition coefficient (Wildman–Crippen LogP) is 3.23. The van der Waals surface area contributed by atoms with E-state index in [-0.39, 0.29) is 36.4 Å². The van der Waals surface area contributed by atoms with Crippen LogP contribution < -0.4 is 0 Å². The molecule has 1 heterocycles. The number of alkyl halides is 1. The highest BCUT2D eigenvalue weighted by Gasteiger charge is 2.48. The third-order valence-electron chi connectivity index (χ3n) is 5.02. The maximum atomic E-state index is 15.3. The second-order valence-electron chi connectivity index (χ2n) is 6.60. The monoisotopic (exact) mass is 399 g/mol. The van der Waals surface area contributed by atoms with Gasteiger partial charge >= 0.3 is 0 Å². The van der Waals surface area contributed by atoms with Gasteiger partial charge in [0, 0.05) is 37.6 Å². The maximum absolute atomic E-state index is 15.3. The van der Waals surface area contributed by atoms with Crippen LogP contribution in [-0.2, 0) is 9.84 Å². The zero-order chi connectivity index (χ0) is 19.7. The van der Waals surface area contributed by atoms with Crippen molar-refractivity contribution in [1.29, 1.82) is 0 Å². The molecule has 1 atom stereocenters. The van der Waals surface area contributed by atoms with Crippen LogP contribution in [0.3, 0.4) is 0 Å². The van der Waals surface area contributed by atoms with Crippen LogP contribution in [-0.4, -0.2) is 43.1 Å². The Labute approximate surface area is 156 Å². The number of hydrogen-bond donors (Lipinski definition) is 1. The number of likely N-dealkylation sites (tertiary alicyclic amines) is 1. The van der Waals surface area contributed by atoms with Crippen LogP contribution in [0.25, 0.3) is 0 Å². The lowest BCUT2D eigenvalue weighted by atomic mass is 10.0. The highest BCUT2D eigenvalue weighted by Crippen LogP contribution is 2.39. The number of aliphatic hydroxyl groups excluding tert-OH is 1. The van der Waals surface area contributed by atoms with Crippen molar-refractivity contribution in [3.8, 4) is 0 Å². The third-order valence-corrected chi connectivity index (χ3v) is 7.28. The number of nitrogens with zero attached hydrogens (tertiary/aromatic N) is 1. The van der Waals surface area contributed by atoms with E-state index in [1.807, 2.05) is 0 Å². The van der Waals surface area contributed by atoms with Gasteiger partial charge in [-0.25, -0.2) is 21.6 Å². The minimum absolute atomic E-state index is 0.0185. The molecule has 0 aromatic heterocycles. The lowest BCUT2D eigenvalue weighted by Gasteiger charge is -2.39. The summed E-state index contributed by atoms with van der Waals surface area (Å²) in [5.74, 6) is -1.54. The first-order valence-electron chi connectivity index (χ1n) is 8.57. The zero-order valence-corrected chi connectivity index (χ0v) is 15.3. The standard InChI is InChI=1S/C19H20F3NO3S/c20-14-6-7-16(17(21)12-14)18(13-24)23-10-8-19(22,9-11-23)27(25,26)15-4-2-1-3-5-15/h1-7,12,18,24H,8-11,13H2/t18-/m1/s1. The van der Waals surface area contributed by atoms with Crippen molar-refractivity contribution in [3.63, 3.8) is 0 Å². The van der Waals surface area contributed by atoms with Crippen molar-refractivity contribution >= 4 is 9.84 Å². The van der Waals surface area contributed by atoms with Gasteiger partial charge in [-0.2, -0.15) is 0 Å². The van der Waals surface area contributed by atoms with E-state index in [4.69, 9.17) is 0 Å². The Morgan fingerprint density at radius 2 is 1.70 bits per heavy atom. The normalized spacial score (nSPS) is 19.0. The van der Waals surface area contributed by atoms with Gasteiger partial charge in [-0.15, -0.1) is 0 Å². The first-order valence-corrected chi connectivity index (χ1v) is 10.1. The van der Waals surface area contributed by atoms with Crippen LogP contribution in [0.4, 0.5) is 13.2 Å². The molecule has 1 N–H and O–H groups in total. The summed E-state index contributed by atoms with van der Waals surface area (Å²) in [6.07, 6.45) is -0.604. The van der Waals surface area contributed by atoms with E-state index >= 15 is 4.39 Å². The number of hydrogen-bond acceptors (Lipinski definition) is 4. The Balaban J connectivity index is 1.79. The molecular weight excluding hydrogens is 379 g/mol. The zero-order valence-electron chi connectivity index (χ0n) is 14.5. The Kier molecular flexibility index (Phi) is 5.60. The molecule has 8 heteroatoms. The van der Waals surface area contributed by atoms with Gasteiger partial charge < -0.3 is 5.11 Å². The van der Waals surface area contributed by atoms with E-state index in [1.165, 1.54) is 30.3 Å². The second-order valence-corrected chi connectivity index (χ2v) is 8.81. The molecule has 1 aliphatic rings. The topological polar surface area (TPSA) is 57.6 Å².